The van der Waals surface area contributed by atoms with Crippen LogP contribution in [-0.4, -0.2) is 48.9 Å². The Morgan fingerprint density at radius 1 is 1.35 bits per heavy atom. The van der Waals surface area contributed by atoms with Crippen molar-refractivity contribution in [1.29, 1.82) is 0 Å². The predicted molar refractivity (Wildman–Crippen MR) is 91.0 cm³/mol. The van der Waals surface area contributed by atoms with Gasteiger partial charge in [-0.2, -0.15) is 0 Å². The third-order valence-electron chi connectivity index (χ3n) is 4.59. The second kappa shape index (κ2) is 6.79. The molecule has 1 aromatic rings. The molecule has 2 aliphatic rings. The van der Waals surface area contributed by atoms with Crippen LogP contribution in [0, 0.1) is 0 Å². The molecule has 2 saturated heterocycles. The van der Waals surface area contributed by atoms with E-state index in [0.717, 1.165) is 18.8 Å². The van der Waals surface area contributed by atoms with E-state index >= 15 is 0 Å². The van der Waals surface area contributed by atoms with E-state index < -0.39 is 0 Å². The highest BCUT2D eigenvalue weighted by atomic mass is 35.5. The van der Waals surface area contributed by atoms with Gasteiger partial charge in [0.25, 0.3) is 5.91 Å². The fourth-order valence-electron chi connectivity index (χ4n) is 3.31. The van der Waals surface area contributed by atoms with E-state index in [9.17, 15) is 9.59 Å². The maximum Gasteiger partial charge on any atom is 0.251 e. The number of likely N-dealkylation sites (N-methyl/N-ethyl adjacent to an activating group) is 1. The van der Waals surface area contributed by atoms with Gasteiger partial charge in [0.15, 0.2) is 0 Å². The molecule has 1 atom stereocenters. The number of nitrogens with zero attached hydrogens (tertiary/aromatic N) is 2. The summed E-state index contributed by atoms with van der Waals surface area (Å²) in [7, 11) is 0. The van der Waals surface area contributed by atoms with E-state index in [-0.39, 0.29) is 17.9 Å². The van der Waals surface area contributed by atoms with Crippen molar-refractivity contribution in [1.82, 2.24) is 10.2 Å². The number of carbonyl (C=O) groups is 2. The Balaban J connectivity index is 1.66. The number of amides is 2. The minimum atomic E-state index is -0.171. The maximum absolute atomic E-state index is 12.4. The molecule has 124 valence electrons. The highest BCUT2D eigenvalue weighted by molar-refractivity contribution is 6.33. The lowest BCUT2D eigenvalue weighted by molar-refractivity contribution is -0.127. The molecular formula is C17H22ClN3O2. The average molecular weight is 336 g/mol. The van der Waals surface area contributed by atoms with Gasteiger partial charge in [-0.1, -0.05) is 11.6 Å². The van der Waals surface area contributed by atoms with Gasteiger partial charge in [0.2, 0.25) is 5.91 Å². The van der Waals surface area contributed by atoms with Crippen LogP contribution in [0.25, 0.3) is 0 Å². The Labute approximate surface area is 141 Å². The molecule has 0 aromatic heterocycles. The summed E-state index contributed by atoms with van der Waals surface area (Å²) in [5.41, 5.74) is 1.54. The summed E-state index contributed by atoms with van der Waals surface area (Å²) >= 11 is 6.35. The summed E-state index contributed by atoms with van der Waals surface area (Å²) in [6.07, 6.45) is 2.74. The summed E-state index contributed by atoms with van der Waals surface area (Å²) in [6, 6.07) is 5.33. The first-order valence-electron chi connectivity index (χ1n) is 8.21. The molecule has 2 fully saturated rings. The quantitative estimate of drug-likeness (QED) is 0.918. The predicted octanol–water partition coefficient (Wildman–Crippen LogP) is 2.29. The number of likely N-dealkylation sites (tertiary alicyclic amines) is 1. The monoisotopic (exact) mass is 335 g/mol. The van der Waals surface area contributed by atoms with E-state index in [1.165, 1.54) is 12.8 Å². The fraction of sp³-hybridized carbons (Fsp3) is 0.529. The molecule has 6 heteroatoms. The van der Waals surface area contributed by atoms with Gasteiger partial charge in [0, 0.05) is 38.2 Å². The zero-order valence-electron chi connectivity index (χ0n) is 13.3. The van der Waals surface area contributed by atoms with Crippen molar-refractivity contribution in [3.8, 4) is 0 Å². The highest BCUT2D eigenvalue weighted by Crippen LogP contribution is 2.29. The SMILES string of the molecule is CCN1CC(NC(=O)c2ccc(N3CCCC3)c(Cl)c2)CC1=O. The van der Waals surface area contributed by atoms with Crippen LogP contribution in [0.5, 0.6) is 0 Å². The zero-order chi connectivity index (χ0) is 16.4. The van der Waals surface area contributed by atoms with Crippen LogP contribution in [0.2, 0.25) is 5.02 Å². The summed E-state index contributed by atoms with van der Waals surface area (Å²) in [4.78, 5) is 28.1. The van der Waals surface area contributed by atoms with Gasteiger partial charge >= 0.3 is 0 Å². The van der Waals surface area contributed by atoms with E-state index in [4.69, 9.17) is 11.6 Å². The van der Waals surface area contributed by atoms with E-state index in [2.05, 4.69) is 10.2 Å². The number of hydrogen-bond acceptors (Lipinski definition) is 3. The molecular weight excluding hydrogens is 314 g/mol. The molecule has 0 bridgehead atoms. The Hall–Kier alpha value is -1.75. The zero-order valence-corrected chi connectivity index (χ0v) is 14.1. The van der Waals surface area contributed by atoms with Gasteiger partial charge < -0.3 is 15.1 Å². The lowest BCUT2D eigenvalue weighted by Gasteiger charge is -2.20. The third kappa shape index (κ3) is 3.44. The number of hydrogen-bond donors (Lipinski definition) is 1. The van der Waals surface area contributed by atoms with E-state index in [1.807, 2.05) is 19.1 Å². The van der Waals surface area contributed by atoms with Crippen molar-refractivity contribution in [2.24, 2.45) is 0 Å². The molecule has 0 spiro atoms. The van der Waals surface area contributed by atoms with Gasteiger partial charge in [0.05, 0.1) is 16.8 Å². The largest absolute Gasteiger partial charge is 0.370 e. The van der Waals surface area contributed by atoms with Crippen LogP contribution in [-0.2, 0) is 4.79 Å². The molecule has 3 rings (SSSR count). The van der Waals surface area contributed by atoms with Gasteiger partial charge in [-0.25, -0.2) is 0 Å². The van der Waals surface area contributed by atoms with Crippen molar-refractivity contribution in [3.63, 3.8) is 0 Å². The molecule has 2 aliphatic heterocycles. The van der Waals surface area contributed by atoms with Crippen molar-refractivity contribution in [2.45, 2.75) is 32.2 Å². The summed E-state index contributed by atoms with van der Waals surface area (Å²) in [5.74, 6) is -0.0733. The lowest BCUT2D eigenvalue weighted by atomic mass is 10.1. The van der Waals surface area contributed by atoms with E-state index in [0.29, 0.717) is 30.1 Å². The second-order valence-electron chi connectivity index (χ2n) is 6.17. The number of halogens is 1. The summed E-state index contributed by atoms with van der Waals surface area (Å²) < 4.78 is 0. The number of rotatable bonds is 4. The van der Waals surface area contributed by atoms with Crippen LogP contribution >= 0.6 is 11.6 Å². The number of nitrogens with one attached hydrogen (secondary N) is 1. The topological polar surface area (TPSA) is 52.7 Å². The first-order valence-corrected chi connectivity index (χ1v) is 8.59. The second-order valence-corrected chi connectivity index (χ2v) is 6.57. The molecule has 23 heavy (non-hydrogen) atoms. The third-order valence-corrected chi connectivity index (χ3v) is 4.89. The smallest absolute Gasteiger partial charge is 0.251 e. The van der Waals surface area contributed by atoms with Gasteiger partial charge in [-0.15, -0.1) is 0 Å². The van der Waals surface area contributed by atoms with Crippen LogP contribution in [0.1, 0.15) is 36.5 Å². The van der Waals surface area contributed by atoms with Crippen molar-refractivity contribution >= 4 is 29.1 Å². The Morgan fingerprint density at radius 3 is 2.70 bits per heavy atom. The number of anilines is 1. The summed E-state index contributed by atoms with van der Waals surface area (Å²) in [5, 5.41) is 3.54. The molecule has 0 aliphatic carbocycles. The van der Waals surface area contributed by atoms with Gasteiger partial charge in [-0.05, 0) is 38.0 Å². The first-order chi connectivity index (χ1) is 11.1. The fourth-order valence-corrected chi connectivity index (χ4v) is 3.61. The number of benzene rings is 1. The van der Waals surface area contributed by atoms with E-state index in [1.54, 1.807) is 11.0 Å². The highest BCUT2D eigenvalue weighted by Gasteiger charge is 2.29. The van der Waals surface area contributed by atoms with Crippen molar-refractivity contribution in [3.05, 3.63) is 28.8 Å². The molecule has 0 radical (unpaired) electrons. The molecule has 1 aromatic carbocycles. The number of carbonyl (C=O) groups excluding carboxylic acids is 2. The van der Waals surface area contributed by atoms with Crippen LogP contribution < -0.4 is 10.2 Å². The Bertz CT molecular complexity index is 614. The van der Waals surface area contributed by atoms with Crippen LogP contribution in [0.4, 0.5) is 5.69 Å². The minimum Gasteiger partial charge on any atom is -0.370 e. The Morgan fingerprint density at radius 2 is 2.09 bits per heavy atom. The summed E-state index contributed by atoms with van der Waals surface area (Å²) in [6.45, 7) is 5.24. The lowest BCUT2D eigenvalue weighted by Crippen LogP contribution is -2.37. The first kappa shape index (κ1) is 16.1. The average Bonchev–Trinajstić information content (AvgIpc) is 3.16. The molecule has 2 heterocycles. The molecule has 2 amide bonds. The van der Waals surface area contributed by atoms with Crippen LogP contribution in [0.15, 0.2) is 18.2 Å². The minimum absolute atomic E-state index is 0.0974. The molecule has 1 N–H and O–H groups in total. The Kier molecular flexibility index (Phi) is 4.76. The maximum atomic E-state index is 12.4. The molecule has 5 nitrogen and oxygen atoms in total. The van der Waals surface area contributed by atoms with Gasteiger partial charge in [-0.3, -0.25) is 9.59 Å². The van der Waals surface area contributed by atoms with Gasteiger partial charge in [0.1, 0.15) is 0 Å². The normalized spacial score (nSPS) is 21.1. The molecule has 1 unspecified atom stereocenters. The van der Waals surface area contributed by atoms with Crippen LogP contribution in [0.3, 0.4) is 0 Å². The standard InChI is InChI=1S/C17H22ClN3O2/c1-2-20-11-13(10-16(20)22)19-17(23)12-5-6-15(14(18)9-12)21-7-3-4-8-21/h5-6,9,13H,2-4,7-8,10-11H2,1H3,(H,19,23). The molecule has 0 saturated carbocycles. The van der Waals surface area contributed by atoms with Crippen molar-refractivity contribution < 1.29 is 9.59 Å². The van der Waals surface area contributed by atoms with Crippen molar-refractivity contribution in [2.75, 3.05) is 31.1 Å².